The van der Waals surface area contributed by atoms with Crippen molar-refractivity contribution in [2.75, 3.05) is 13.2 Å². The molecular weight excluding hydrogens is 658 g/mol. The minimum Gasteiger partial charge on any atom is -0.394 e. The van der Waals surface area contributed by atoms with Gasteiger partial charge in [-0.1, -0.05) is 160 Å². The van der Waals surface area contributed by atoms with Crippen molar-refractivity contribution in [1.82, 2.24) is 5.32 Å². The molecule has 0 aliphatic carbocycles. The predicted octanol–water partition coefficient (Wildman–Crippen LogP) is 8.33. The highest BCUT2D eigenvalue weighted by atomic mass is 16.7. The molecule has 0 bridgehead atoms. The van der Waals surface area contributed by atoms with Gasteiger partial charge in [0, 0.05) is 6.42 Å². The van der Waals surface area contributed by atoms with E-state index in [1.165, 1.54) is 128 Å². The van der Waals surface area contributed by atoms with Gasteiger partial charge in [0.05, 0.1) is 25.4 Å². The standard InChI is InChI=1S/C43H81NO8/c1-3-5-7-9-11-13-15-16-17-18-19-20-21-22-23-25-27-29-31-33-39(47)44-36(35-51-43-42(50)41(49)40(48)38(34-45)52-43)37(46)32-30-28-26-24-14-12-10-8-6-4-2/h18-19,30,32,36-38,40-43,45-46,48-50H,3-17,20-29,31,33-35H2,1-2H3,(H,44,47)/b19-18-,32-30+. The van der Waals surface area contributed by atoms with Crippen molar-refractivity contribution in [3.05, 3.63) is 24.3 Å². The molecule has 1 aliphatic heterocycles. The van der Waals surface area contributed by atoms with Crippen LogP contribution in [0.25, 0.3) is 0 Å². The molecule has 6 N–H and O–H groups in total. The van der Waals surface area contributed by atoms with E-state index < -0.39 is 49.5 Å². The van der Waals surface area contributed by atoms with Crippen molar-refractivity contribution in [2.24, 2.45) is 0 Å². The maximum atomic E-state index is 12.9. The van der Waals surface area contributed by atoms with Gasteiger partial charge in [0.15, 0.2) is 6.29 Å². The first-order chi connectivity index (χ1) is 25.3. The van der Waals surface area contributed by atoms with Crippen molar-refractivity contribution in [3.63, 3.8) is 0 Å². The smallest absolute Gasteiger partial charge is 0.220 e. The van der Waals surface area contributed by atoms with E-state index in [-0.39, 0.29) is 12.5 Å². The average molecular weight is 740 g/mol. The lowest BCUT2D eigenvalue weighted by molar-refractivity contribution is -0.302. The molecule has 0 radical (unpaired) electrons. The Morgan fingerprint density at radius 1 is 0.635 bits per heavy atom. The van der Waals surface area contributed by atoms with Crippen LogP contribution in [0.2, 0.25) is 0 Å². The Balaban J connectivity index is 2.34. The van der Waals surface area contributed by atoms with Crippen LogP contribution < -0.4 is 5.32 Å². The number of unbranched alkanes of at least 4 members (excludes halogenated alkanes) is 23. The summed E-state index contributed by atoms with van der Waals surface area (Å²) in [7, 11) is 0. The van der Waals surface area contributed by atoms with E-state index in [2.05, 4.69) is 31.3 Å². The number of aliphatic hydroxyl groups is 5. The Kier molecular flexibility index (Phi) is 32.0. The number of carbonyl (C=O) groups is 1. The Labute approximate surface area is 318 Å². The average Bonchev–Trinajstić information content (AvgIpc) is 3.14. The molecule has 9 nitrogen and oxygen atoms in total. The highest BCUT2D eigenvalue weighted by molar-refractivity contribution is 5.76. The number of amides is 1. The van der Waals surface area contributed by atoms with Gasteiger partial charge in [0.1, 0.15) is 24.4 Å². The number of allylic oxidation sites excluding steroid dienone is 3. The molecule has 0 aromatic carbocycles. The number of ether oxygens (including phenoxy) is 2. The van der Waals surface area contributed by atoms with E-state index >= 15 is 0 Å². The monoisotopic (exact) mass is 740 g/mol. The Morgan fingerprint density at radius 3 is 1.56 bits per heavy atom. The molecule has 1 heterocycles. The molecule has 9 heteroatoms. The van der Waals surface area contributed by atoms with Gasteiger partial charge in [0.2, 0.25) is 5.91 Å². The summed E-state index contributed by atoms with van der Waals surface area (Å²) in [6.07, 6.45) is 32.2. The van der Waals surface area contributed by atoms with Crippen LogP contribution in [0.3, 0.4) is 0 Å². The van der Waals surface area contributed by atoms with E-state index in [9.17, 15) is 30.3 Å². The molecule has 1 aliphatic rings. The van der Waals surface area contributed by atoms with Crippen LogP contribution in [0.1, 0.15) is 187 Å². The summed E-state index contributed by atoms with van der Waals surface area (Å²) in [5, 5.41) is 54.0. The Bertz CT molecular complexity index is 868. The van der Waals surface area contributed by atoms with Crippen LogP contribution in [0.5, 0.6) is 0 Å². The highest BCUT2D eigenvalue weighted by Gasteiger charge is 2.44. The second-order valence-electron chi connectivity index (χ2n) is 15.1. The van der Waals surface area contributed by atoms with E-state index in [0.717, 1.165) is 38.5 Å². The molecule has 1 amide bonds. The molecule has 1 rings (SSSR count). The molecule has 0 aromatic rings. The summed E-state index contributed by atoms with van der Waals surface area (Å²) in [6.45, 7) is 3.74. The molecule has 0 saturated carbocycles. The molecule has 0 aromatic heterocycles. The van der Waals surface area contributed by atoms with Crippen LogP contribution in [-0.2, 0) is 14.3 Å². The Morgan fingerprint density at radius 2 is 1.08 bits per heavy atom. The number of aliphatic hydroxyl groups excluding tert-OH is 5. The minimum atomic E-state index is -1.56. The quantitative estimate of drug-likeness (QED) is 0.0281. The third-order valence-corrected chi connectivity index (χ3v) is 10.3. The summed E-state index contributed by atoms with van der Waals surface area (Å²) in [5.41, 5.74) is 0. The van der Waals surface area contributed by atoms with Crippen LogP contribution in [0.4, 0.5) is 0 Å². The largest absolute Gasteiger partial charge is 0.394 e. The normalized spacial score (nSPS) is 22.0. The minimum absolute atomic E-state index is 0.184. The fraction of sp³-hybridized carbons (Fsp3) is 0.884. The van der Waals surface area contributed by atoms with Crippen LogP contribution in [0.15, 0.2) is 24.3 Å². The third kappa shape index (κ3) is 24.9. The van der Waals surface area contributed by atoms with E-state index in [1.54, 1.807) is 6.08 Å². The summed E-state index contributed by atoms with van der Waals surface area (Å²) in [6, 6.07) is -0.802. The number of hydrogen-bond donors (Lipinski definition) is 6. The van der Waals surface area contributed by atoms with Crippen molar-refractivity contribution in [3.8, 4) is 0 Å². The first-order valence-electron chi connectivity index (χ1n) is 21.6. The molecule has 1 saturated heterocycles. The number of nitrogens with one attached hydrogen (secondary N) is 1. The molecule has 7 unspecified atom stereocenters. The lowest BCUT2D eigenvalue weighted by Gasteiger charge is -2.40. The lowest BCUT2D eigenvalue weighted by Crippen LogP contribution is -2.60. The first-order valence-corrected chi connectivity index (χ1v) is 21.6. The van der Waals surface area contributed by atoms with E-state index in [0.29, 0.717) is 6.42 Å². The van der Waals surface area contributed by atoms with Crippen LogP contribution in [-0.4, -0.2) is 87.5 Å². The number of carbonyl (C=O) groups excluding carboxylic acids is 1. The first kappa shape index (κ1) is 48.7. The second kappa shape index (κ2) is 34.2. The fourth-order valence-electron chi connectivity index (χ4n) is 6.74. The van der Waals surface area contributed by atoms with E-state index in [1.807, 2.05) is 6.08 Å². The summed E-state index contributed by atoms with van der Waals surface area (Å²) >= 11 is 0. The number of rotatable bonds is 35. The van der Waals surface area contributed by atoms with Crippen LogP contribution in [0, 0.1) is 0 Å². The molecule has 7 atom stereocenters. The molecule has 0 spiro atoms. The fourth-order valence-corrected chi connectivity index (χ4v) is 6.74. The second-order valence-corrected chi connectivity index (χ2v) is 15.1. The van der Waals surface area contributed by atoms with Gasteiger partial charge in [-0.2, -0.15) is 0 Å². The number of hydrogen-bond acceptors (Lipinski definition) is 8. The van der Waals surface area contributed by atoms with Gasteiger partial charge in [0.25, 0.3) is 0 Å². The van der Waals surface area contributed by atoms with Gasteiger partial charge in [-0.25, -0.2) is 0 Å². The zero-order valence-corrected chi connectivity index (χ0v) is 33.3. The highest BCUT2D eigenvalue weighted by Crippen LogP contribution is 2.22. The zero-order chi connectivity index (χ0) is 38.1. The summed E-state index contributed by atoms with van der Waals surface area (Å²) in [4.78, 5) is 12.9. The van der Waals surface area contributed by atoms with Gasteiger partial charge in [-0.3, -0.25) is 4.79 Å². The molecule has 306 valence electrons. The zero-order valence-electron chi connectivity index (χ0n) is 33.3. The molecule has 1 fully saturated rings. The van der Waals surface area contributed by atoms with Crippen molar-refractivity contribution < 1.29 is 39.8 Å². The maximum Gasteiger partial charge on any atom is 0.220 e. The van der Waals surface area contributed by atoms with Gasteiger partial charge in [-0.05, 0) is 44.9 Å². The summed E-state index contributed by atoms with van der Waals surface area (Å²) in [5.74, 6) is -0.184. The maximum absolute atomic E-state index is 12.9. The predicted molar refractivity (Wildman–Crippen MR) is 212 cm³/mol. The topological polar surface area (TPSA) is 149 Å². The SMILES string of the molecule is CCCCCCCCCC/C=C\CCCCCCCCCC(=O)NC(COC1OC(CO)C(O)C(O)C1O)C(O)/C=C/CCCCCCCCCC. The Hall–Kier alpha value is -1.33. The van der Waals surface area contributed by atoms with Crippen molar-refractivity contribution >= 4 is 5.91 Å². The van der Waals surface area contributed by atoms with Crippen LogP contribution >= 0.6 is 0 Å². The summed E-state index contributed by atoms with van der Waals surface area (Å²) < 4.78 is 11.2. The van der Waals surface area contributed by atoms with E-state index in [4.69, 9.17) is 9.47 Å². The van der Waals surface area contributed by atoms with Crippen molar-refractivity contribution in [1.29, 1.82) is 0 Å². The van der Waals surface area contributed by atoms with Gasteiger partial charge >= 0.3 is 0 Å². The molecular formula is C43H81NO8. The van der Waals surface area contributed by atoms with Gasteiger partial charge in [-0.15, -0.1) is 0 Å². The lowest BCUT2D eigenvalue weighted by atomic mass is 9.99. The van der Waals surface area contributed by atoms with Crippen molar-refractivity contribution in [2.45, 2.75) is 230 Å². The van der Waals surface area contributed by atoms with Gasteiger partial charge < -0.3 is 40.3 Å². The third-order valence-electron chi connectivity index (χ3n) is 10.3. The molecule has 52 heavy (non-hydrogen) atoms.